The van der Waals surface area contributed by atoms with Gasteiger partial charge in [0.1, 0.15) is 24.4 Å². The highest BCUT2D eigenvalue weighted by molar-refractivity contribution is 5.76. The summed E-state index contributed by atoms with van der Waals surface area (Å²) in [6.45, 7) is 3.50. The number of allylic oxidation sites excluding steroid dienone is 15. The Balaban J connectivity index is 2.18. The molecule has 1 amide bonds. The number of aliphatic hydroxyl groups excluding tert-OH is 5. The number of carbonyl (C=O) groups excluding carboxylic acids is 1. The summed E-state index contributed by atoms with van der Waals surface area (Å²) in [5.74, 6) is -0.202. The maximum Gasteiger partial charge on any atom is 0.220 e. The van der Waals surface area contributed by atoms with Gasteiger partial charge in [0.15, 0.2) is 6.29 Å². The van der Waals surface area contributed by atoms with Crippen LogP contribution in [0.5, 0.6) is 0 Å². The molecule has 1 saturated heterocycles. The van der Waals surface area contributed by atoms with Crippen LogP contribution >= 0.6 is 0 Å². The second-order valence-electron chi connectivity index (χ2n) is 14.8. The van der Waals surface area contributed by atoms with Crippen molar-refractivity contribution in [2.45, 2.75) is 185 Å². The van der Waals surface area contributed by atoms with Crippen molar-refractivity contribution < 1.29 is 39.8 Å². The van der Waals surface area contributed by atoms with E-state index >= 15 is 0 Å². The van der Waals surface area contributed by atoms with Crippen molar-refractivity contribution in [3.8, 4) is 0 Å². The van der Waals surface area contributed by atoms with Crippen LogP contribution in [0.25, 0.3) is 0 Å². The molecule has 0 saturated carbocycles. The minimum Gasteiger partial charge on any atom is -0.394 e. The van der Waals surface area contributed by atoms with Gasteiger partial charge in [0.25, 0.3) is 0 Å². The van der Waals surface area contributed by atoms with Gasteiger partial charge in [0.05, 0.1) is 25.4 Å². The molecule has 0 spiro atoms. The lowest BCUT2D eigenvalue weighted by atomic mass is 9.99. The average Bonchev–Trinajstić information content (AvgIpc) is 3.21. The van der Waals surface area contributed by atoms with Crippen molar-refractivity contribution in [3.63, 3.8) is 0 Å². The minimum atomic E-state index is -1.57. The Kier molecular flexibility index (Phi) is 34.2. The molecule has 0 aromatic carbocycles. The molecule has 1 aliphatic rings. The summed E-state index contributed by atoms with van der Waals surface area (Å²) in [6.07, 6.45) is 46.5. The topological polar surface area (TPSA) is 149 Å². The Hall–Kier alpha value is -2.89. The molecule has 0 radical (unpaired) electrons. The number of ether oxygens (including phenoxy) is 2. The summed E-state index contributed by atoms with van der Waals surface area (Å²) in [5.41, 5.74) is 0. The maximum atomic E-state index is 12.8. The van der Waals surface area contributed by atoms with Crippen LogP contribution in [0.2, 0.25) is 0 Å². The van der Waals surface area contributed by atoms with Crippen molar-refractivity contribution in [1.82, 2.24) is 5.32 Å². The smallest absolute Gasteiger partial charge is 0.220 e. The Labute approximate surface area is 345 Å². The van der Waals surface area contributed by atoms with Crippen LogP contribution in [0.3, 0.4) is 0 Å². The molecular weight excluding hydrogens is 719 g/mol. The van der Waals surface area contributed by atoms with E-state index in [2.05, 4.69) is 104 Å². The first-order chi connectivity index (χ1) is 27.8. The summed E-state index contributed by atoms with van der Waals surface area (Å²) in [6, 6.07) is -0.813. The number of aliphatic hydroxyl groups is 5. The minimum absolute atomic E-state index is 0.202. The van der Waals surface area contributed by atoms with Crippen molar-refractivity contribution in [3.05, 3.63) is 97.2 Å². The van der Waals surface area contributed by atoms with E-state index in [0.717, 1.165) is 103 Å². The fourth-order valence-electron chi connectivity index (χ4n) is 6.13. The van der Waals surface area contributed by atoms with Crippen LogP contribution in [-0.2, 0) is 14.3 Å². The first-order valence-electron chi connectivity index (χ1n) is 22.0. The second kappa shape index (κ2) is 37.4. The highest BCUT2D eigenvalue weighted by atomic mass is 16.7. The maximum absolute atomic E-state index is 12.8. The predicted octanol–water partition coefficient (Wildman–Crippen LogP) is 8.94. The van der Waals surface area contributed by atoms with Gasteiger partial charge in [-0.1, -0.05) is 156 Å². The average molecular weight is 798 g/mol. The van der Waals surface area contributed by atoms with Gasteiger partial charge in [-0.05, 0) is 77.0 Å². The lowest BCUT2D eigenvalue weighted by Gasteiger charge is -2.40. The summed E-state index contributed by atoms with van der Waals surface area (Å²) in [7, 11) is 0. The van der Waals surface area contributed by atoms with Gasteiger partial charge in [-0.25, -0.2) is 0 Å². The Morgan fingerprint density at radius 1 is 0.614 bits per heavy atom. The Morgan fingerprint density at radius 3 is 1.61 bits per heavy atom. The van der Waals surface area contributed by atoms with Gasteiger partial charge in [0.2, 0.25) is 5.91 Å². The lowest BCUT2D eigenvalue weighted by molar-refractivity contribution is -0.302. The second-order valence-corrected chi connectivity index (χ2v) is 14.8. The SMILES string of the molecule is CC/C=C\C/C=C\C/C=C\C/C=C\C/C=C\C/C=C\C/C=C\CCCCCCCCCC(=O)NC(COC1OC(CO)C(O)C(O)C1O)C(O)/C=C/CCCCC. The van der Waals surface area contributed by atoms with Gasteiger partial charge >= 0.3 is 0 Å². The largest absolute Gasteiger partial charge is 0.394 e. The highest BCUT2D eigenvalue weighted by Crippen LogP contribution is 2.22. The van der Waals surface area contributed by atoms with Gasteiger partial charge < -0.3 is 40.3 Å². The van der Waals surface area contributed by atoms with Crippen molar-refractivity contribution >= 4 is 5.91 Å². The standard InChI is InChI=1S/C48H79NO8/c1-3-5-7-9-10-11-12-13-14-15-16-17-18-19-20-21-22-23-24-25-26-27-28-29-30-31-32-34-36-38-44(52)49-41(42(51)37-35-33-8-6-4-2)40-56-48-47(55)46(54)45(53)43(39-50)57-48/h5,7,10-11,13-14,16-17,19-20,22-23,25-26,35,37,41-43,45-48,50-51,53-55H,3-4,6,8-9,12,15,18,21,24,27-34,36,38-40H2,1-2H3,(H,49,52)/b7-5-,11-10-,14-13-,17-16-,20-19-,23-22-,26-25-,37-35+. The molecule has 1 heterocycles. The fraction of sp³-hybridized carbons (Fsp3) is 0.646. The van der Waals surface area contributed by atoms with E-state index in [4.69, 9.17) is 9.47 Å². The predicted molar refractivity (Wildman–Crippen MR) is 234 cm³/mol. The van der Waals surface area contributed by atoms with Crippen LogP contribution in [-0.4, -0.2) is 87.5 Å². The lowest BCUT2D eigenvalue weighted by Crippen LogP contribution is -2.60. The number of nitrogens with one attached hydrogen (secondary N) is 1. The zero-order valence-electron chi connectivity index (χ0n) is 35.3. The normalized spacial score (nSPS) is 22.0. The van der Waals surface area contributed by atoms with Crippen molar-refractivity contribution in [2.24, 2.45) is 0 Å². The number of amides is 1. The van der Waals surface area contributed by atoms with E-state index in [-0.39, 0.29) is 12.5 Å². The highest BCUT2D eigenvalue weighted by Gasteiger charge is 2.44. The number of hydrogen-bond acceptors (Lipinski definition) is 8. The molecular formula is C48H79NO8. The Bertz CT molecular complexity index is 1200. The number of hydrogen-bond donors (Lipinski definition) is 6. The van der Waals surface area contributed by atoms with Crippen LogP contribution in [0, 0.1) is 0 Å². The molecule has 6 N–H and O–H groups in total. The molecule has 9 heteroatoms. The third-order valence-electron chi connectivity index (χ3n) is 9.66. The molecule has 1 aliphatic heterocycles. The monoisotopic (exact) mass is 798 g/mol. The third kappa shape index (κ3) is 28.2. The van der Waals surface area contributed by atoms with Gasteiger partial charge in [-0.2, -0.15) is 0 Å². The van der Waals surface area contributed by atoms with Crippen LogP contribution in [0.15, 0.2) is 97.2 Å². The molecule has 324 valence electrons. The number of carbonyl (C=O) groups is 1. The van der Waals surface area contributed by atoms with Gasteiger partial charge in [0, 0.05) is 6.42 Å². The first-order valence-corrected chi connectivity index (χ1v) is 22.0. The number of rotatable bonds is 34. The molecule has 0 bridgehead atoms. The van der Waals surface area contributed by atoms with E-state index in [1.807, 2.05) is 6.08 Å². The molecule has 0 aromatic rings. The van der Waals surface area contributed by atoms with E-state index in [1.54, 1.807) is 6.08 Å². The van der Waals surface area contributed by atoms with Gasteiger partial charge in [-0.3, -0.25) is 4.79 Å². The van der Waals surface area contributed by atoms with E-state index in [1.165, 1.54) is 19.3 Å². The molecule has 9 nitrogen and oxygen atoms in total. The molecule has 1 rings (SSSR count). The molecule has 7 unspecified atom stereocenters. The van der Waals surface area contributed by atoms with Crippen LogP contribution in [0.1, 0.15) is 142 Å². The van der Waals surface area contributed by atoms with Crippen molar-refractivity contribution in [1.29, 1.82) is 0 Å². The first kappa shape index (κ1) is 52.1. The zero-order chi connectivity index (χ0) is 41.6. The fourth-order valence-corrected chi connectivity index (χ4v) is 6.13. The van der Waals surface area contributed by atoms with Crippen LogP contribution < -0.4 is 5.32 Å². The molecule has 0 aliphatic carbocycles. The Morgan fingerprint density at radius 2 is 1.09 bits per heavy atom. The molecule has 0 aromatic heterocycles. The van der Waals surface area contributed by atoms with Crippen molar-refractivity contribution in [2.75, 3.05) is 13.2 Å². The summed E-state index contributed by atoms with van der Waals surface area (Å²) in [5, 5.41) is 53.6. The van der Waals surface area contributed by atoms with E-state index < -0.39 is 49.5 Å². The van der Waals surface area contributed by atoms with E-state index in [9.17, 15) is 30.3 Å². The molecule has 57 heavy (non-hydrogen) atoms. The van der Waals surface area contributed by atoms with Gasteiger partial charge in [-0.15, -0.1) is 0 Å². The molecule has 7 atom stereocenters. The summed E-state index contributed by atoms with van der Waals surface area (Å²) < 4.78 is 11.1. The summed E-state index contributed by atoms with van der Waals surface area (Å²) >= 11 is 0. The summed E-state index contributed by atoms with van der Waals surface area (Å²) in [4.78, 5) is 12.8. The van der Waals surface area contributed by atoms with Crippen LogP contribution in [0.4, 0.5) is 0 Å². The number of unbranched alkanes of at least 4 members (excludes halogenated alkanes) is 10. The van der Waals surface area contributed by atoms with E-state index in [0.29, 0.717) is 6.42 Å². The quantitative estimate of drug-likeness (QED) is 0.0279. The third-order valence-corrected chi connectivity index (χ3v) is 9.66. The molecule has 1 fully saturated rings. The zero-order valence-corrected chi connectivity index (χ0v) is 35.3.